The van der Waals surface area contributed by atoms with Gasteiger partial charge in [0.25, 0.3) is 0 Å². The van der Waals surface area contributed by atoms with Gasteiger partial charge in [-0.2, -0.15) is 9.90 Å². The summed E-state index contributed by atoms with van der Waals surface area (Å²) in [7, 11) is 1.81. The third kappa shape index (κ3) is 3.96. The smallest absolute Gasteiger partial charge is 0.159 e. The van der Waals surface area contributed by atoms with Crippen LogP contribution >= 0.6 is 0 Å². The van der Waals surface area contributed by atoms with Gasteiger partial charge in [0.15, 0.2) is 11.6 Å². The van der Waals surface area contributed by atoms with Crippen LogP contribution in [0, 0.1) is 52.1 Å². The molecule has 0 bridgehead atoms. The molecule has 0 aliphatic heterocycles. The zero-order chi connectivity index (χ0) is 26.2. The predicted molar refractivity (Wildman–Crippen MR) is 134 cm³/mol. The van der Waals surface area contributed by atoms with Gasteiger partial charge < -0.3 is 9.84 Å². The summed E-state index contributed by atoms with van der Waals surface area (Å²) in [5.41, 5.74) is -0.390. The van der Waals surface area contributed by atoms with Crippen molar-refractivity contribution in [3.63, 3.8) is 0 Å². The minimum Gasteiger partial charge on any atom is -0.390 e. The molecule has 0 amide bonds. The van der Waals surface area contributed by atoms with Crippen molar-refractivity contribution in [1.82, 2.24) is 15.0 Å². The lowest BCUT2D eigenvalue weighted by Crippen LogP contribution is -2.58. The van der Waals surface area contributed by atoms with Crippen LogP contribution in [0.3, 0.4) is 0 Å². The van der Waals surface area contributed by atoms with E-state index in [-0.39, 0.29) is 40.1 Å². The standard InChI is InChI=1S/C29H39F2N3O3/c1-27(36)10-11-29(16-37-3)17(14-27)4-5-19-20-6-7-22(28(20,2)9-8-21(19)29)25(35)15-34-32-24-13-18(30)12-23(31)26(24)33-34/h12-13,17,19-22,36H,4-11,14-16H2,1-3H3. The van der Waals surface area contributed by atoms with Gasteiger partial charge in [0.05, 0.1) is 12.2 Å². The van der Waals surface area contributed by atoms with Crippen molar-refractivity contribution in [2.45, 2.75) is 83.8 Å². The van der Waals surface area contributed by atoms with Gasteiger partial charge >= 0.3 is 0 Å². The summed E-state index contributed by atoms with van der Waals surface area (Å²) in [6.45, 7) is 5.05. The minimum absolute atomic E-state index is 0.00289. The first-order valence-electron chi connectivity index (χ1n) is 14.0. The fraction of sp³-hybridized carbons (Fsp3) is 0.759. The second kappa shape index (κ2) is 8.80. The van der Waals surface area contributed by atoms with Gasteiger partial charge in [-0.15, -0.1) is 5.10 Å². The number of aliphatic hydroxyl groups is 1. The molecule has 4 fully saturated rings. The highest BCUT2D eigenvalue weighted by Crippen LogP contribution is 2.68. The number of rotatable bonds is 5. The van der Waals surface area contributed by atoms with Gasteiger partial charge in [0, 0.05) is 25.2 Å². The summed E-state index contributed by atoms with van der Waals surface area (Å²) in [5, 5.41) is 19.2. The molecule has 0 spiro atoms. The van der Waals surface area contributed by atoms with Crippen LogP contribution < -0.4 is 0 Å². The van der Waals surface area contributed by atoms with E-state index in [1.165, 1.54) is 4.80 Å². The predicted octanol–water partition coefficient (Wildman–Crippen LogP) is 5.32. The van der Waals surface area contributed by atoms with Crippen LogP contribution in [0.2, 0.25) is 0 Å². The molecule has 4 aliphatic carbocycles. The van der Waals surface area contributed by atoms with E-state index in [2.05, 4.69) is 17.1 Å². The highest BCUT2D eigenvalue weighted by atomic mass is 19.1. The molecule has 8 atom stereocenters. The van der Waals surface area contributed by atoms with Crippen LogP contribution in [0.4, 0.5) is 8.78 Å². The van der Waals surface area contributed by atoms with E-state index in [4.69, 9.17) is 4.74 Å². The number of halogens is 2. The van der Waals surface area contributed by atoms with Crippen molar-refractivity contribution in [3.05, 3.63) is 23.8 Å². The highest BCUT2D eigenvalue weighted by Gasteiger charge is 2.63. The Morgan fingerprint density at radius 3 is 2.68 bits per heavy atom. The topological polar surface area (TPSA) is 77.2 Å². The summed E-state index contributed by atoms with van der Waals surface area (Å²) in [6, 6.07) is 1.94. The summed E-state index contributed by atoms with van der Waals surface area (Å²) in [4.78, 5) is 14.9. The van der Waals surface area contributed by atoms with E-state index in [9.17, 15) is 18.7 Å². The molecule has 1 heterocycles. The summed E-state index contributed by atoms with van der Waals surface area (Å²) in [5.74, 6) is 0.701. The number of carbonyl (C=O) groups is 1. The number of carbonyl (C=O) groups excluding carboxylic acids is 1. The fourth-order valence-corrected chi connectivity index (χ4v) is 9.62. The van der Waals surface area contributed by atoms with E-state index in [0.29, 0.717) is 23.7 Å². The molecule has 1 aromatic heterocycles. The maximum absolute atomic E-state index is 14.1. The third-order valence-electron chi connectivity index (χ3n) is 11.2. The minimum atomic E-state index is -0.760. The van der Waals surface area contributed by atoms with Crippen molar-refractivity contribution in [2.75, 3.05) is 13.7 Å². The van der Waals surface area contributed by atoms with Gasteiger partial charge in [-0.1, -0.05) is 6.92 Å². The second-order valence-electron chi connectivity index (χ2n) is 13.1. The van der Waals surface area contributed by atoms with Gasteiger partial charge in [-0.05, 0) is 99.2 Å². The van der Waals surface area contributed by atoms with Crippen LogP contribution in [0.15, 0.2) is 12.1 Å². The Morgan fingerprint density at radius 1 is 1.08 bits per heavy atom. The zero-order valence-corrected chi connectivity index (χ0v) is 22.2. The highest BCUT2D eigenvalue weighted by molar-refractivity contribution is 5.82. The molecule has 0 saturated heterocycles. The molecule has 0 radical (unpaired) electrons. The SMILES string of the molecule is COCC12CCC(C)(O)CC1CCC1C3CCC(C(=O)Cn4nc5cc(F)cc(F)c5n4)C3(C)CCC12. The Balaban J connectivity index is 1.22. The molecule has 202 valence electrons. The van der Waals surface area contributed by atoms with Crippen molar-refractivity contribution < 1.29 is 23.4 Å². The first-order chi connectivity index (χ1) is 17.6. The molecule has 4 saturated carbocycles. The molecule has 2 aromatic rings. The lowest BCUT2D eigenvalue weighted by Gasteiger charge is -2.62. The summed E-state index contributed by atoms with van der Waals surface area (Å²) in [6.07, 6.45) is 9.01. The van der Waals surface area contributed by atoms with E-state index >= 15 is 0 Å². The Kier molecular flexibility index (Phi) is 6.03. The van der Waals surface area contributed by atoms with Crippen LogP contribution in [0.25, 0.3) is 11.0 Å². The molecule has 1 aromatic carbocycles. The van der Waals surface area contributed by atoms with Gasteiger partial charge in [-0.25, -0.2) is 8.78 Å². The molecule has 4 aliphatic rings. The first kappa shape index (κ1) is 25.4. The van der Waals surface area contributed by atoms with Crippen molar-refractivity contribution >= 4 is 16.8 Å². The number of ether oxygens (including phenoxy) is 1. The number of nitrogens with zero attached hydrogens (tertiary/aromatic N) is 3. The van der Waals surface area contributed by atoms with Crippen molar-refractivity contribution in [2.24, 2.45) is 40.4 Å². The Hall–Kier alpha value is -1.93. The number of aromatic nitrogens is 3. The molecule has 37 heavy (non-hydrogen) atoms. The maximum atomic E-state index is 14.1. The summed E-state index contributed by atoms with van der Waals surface area (Å²) >= 11 is 0. The summed E-state index contributed by atoms with van der Waals surface area (Å²) < 4.78 is 33.6. The molecular weight excluding hydrogens is 476 g/mol. The van der Waals surface area contributed by atoms with Crippen molar-refractivity contribution in [3.8, 4) is 0 Å². The molecule has 6 rings (SSSR count). The van der Waals surface area contributed by atoms with Crippen LogP contribution in [-0.2, 0) is 16.1 Å². The number of fused-ring (bicyclic) bond motifs is 6. The number of ketones is 1. The number of Topliss-reactive ketones (excluding diaryl/α,β-unsaturated/α-hetero) is 1. The van der Waals surface area contributed by atoms with E-state index in [1.807, 2.05) is 14.0 Å². The quantitative estimate of drug-likeness (QED) is 0.584. The Morgan fingerprint density at radius 2 is 1.89 bits per heavy atom. The molecule has 8 unspecified atom stereocenters. The maximum Gasteiger partial charge on any atom is 0.159 e. The van der Waals surface area contributed by atoms with E-state index in [0.717, 1.165) is 76.5 Å². The van der Waals surface area contributed by atoms with Gasteiger partial charge in [0.2, 0.25) is 0 Å². The third-order valence-corrected chi connectivity index (χ3v) is 11.2. The molecule has 8 heteroatoms. The van der Waals surface area contributed by atoms with Gasteiger partial charge in [-0.3, -0.25) is 4.79 Å². The average molecular weight is 516 g/mol. The largest absolute Gasteiger partial charge is 0.390 e. The number of methoxy groups -OCH3 is 1. The average Bonchev–Trinajstić information content (AvgIpc) is 3.39. The van der Waals surface area contributed by atoms with E-state index in [1.54, 1.807) is 0 Å². The monoisotopic (exact) mass is 515 g/mol. The van der Waals surface area contributed by atoms with Crippen molar-refractivity contribution in [1.29, 1.82) is 0 Å². The Bertz CT molecular complexity index is 1210. The first-order valence-corrected chi connectivity index (χ1v) is 14.0. The lowest BCUT2D eigenvalue weighted by molar-refractivity contribution is -0.175. The Labute approximate surface area is 217 Å². The number of benzene rings is 1. The molecule has 1 N–H and O–H groups in total. The zero-order valence-electron chi connectivity index (χ0n) is 22.2. The molecular formula is C29H39F2N3O3. The van der Waals surface area contributed by atoms with Crippen LogP contribution in [0.5, 0.6) is 0 Å². The van der Waals surface area contributed by atoms with E-state index < -0.39 is 17.2 Å². The number of hydrogen-bond donors (Lipinski definition) is 1. The lowest BCUT2D eigenvalue weighted by atomic mass is 9.43. The number of hydrogen-bond acceptors (Lipinski definition) is 5. The van der Waals surface area contributed by atoms with Crippen LogP contribution in [0.1, 0.15) is 71.6 Å². The fourth-order valence-electron chi connectivity index (χ4n) is 9.62. The normalized spacial score (nSPS) is 41.3. The second-order valence-corrected chi connectivity index (χ2v) is 13.1. The molecule has 6 nitrogen and oxygen atoms in total. The van der Waals surface area contributed by atoms with Crippen LogP contribution in [-0.4, -0.2) is 45.2 Å². The van der Waals surface area contributed by atoms with Gasteiger partial charge in [0.1, 0.15) is 23.4 Å².